The maximum atomic E-state index is 5.36. The van der Waals surface area contributed by atoms with Gasteiger partial charge in [-0.1, -0.05) is 5.16 Å². The van der Waals surface area contributed by atoms with Crippen LogP contribution in [0.15, 0.2) is 4.52 Å². The Kier molecular flexibility index (Phi) is 2.74. The molecule has 0 bridgehead atoms. The second kappa shape index (κ2) is 4.30. The van der Waals surface area contributed by atoms with Crippen molar-refractivity contribution in [1.29, 1.82) is 0 Å². The van der Waals surface area contributed by atoms with Crippen LogP contribution in [0.1, 0.15) is 24.3 Å². The first kappa shape index (κ1) is 12.1. The van der Waals surface area contributed by atoms with Crippen molar-refractivity contribution in [2.24, 2.45) is 0 Å². The van der Waals surface area contributed by atoms with Gasteiger partial charge in [-0.05, 0) is 26.1 Å². The minimum absolute atomic E-state index is 0.474. The third-order valence-corrected chi connectivity index (χ3v) is 3.32. The second-order valence-corrected chi connectivity index (χ2v) is 4.73. The van der Waals surface area contributed by atoms with Crippen molar-refractivity contribution < 1.29 is 4.52 Å². The molecule has 3 heterocycles. The van der Waals surface area contributed by atoms with Crippen molar-refractivity contribution in [2.75, 3.05) is 0 Å². The molecule has 0 amide bonds. The van der Waals surface area contributed by atoms with Gasteiger partial charge in [-0.3, -0.25) is 4.57 Å². The Morgan fingerprint density at radius 2 is 2.16 bits per heavy atom. The molecule has 3 aromatic heterocycles. The quantitative estimate of drug-likeness (QED) is 0.741. The summed E-state index contributed by atoms with van der Waals surface area (Å²) in [6.07, 6.45) is 0. The summed E-state index contributed by atoms with van der Waals surface area (Å²) in [4.78, 5) is 7.39. The van der Waals surface area contributed by atoms with Crippen molar-refractivity contribution in [3.05, 3.63) is 22.2 Å². The summed E-state index contributed by atoms with van der Waals surface area (Å²) in [7, 11) is 0. The van der Waals surface area contributed by atoms with Gasteiger partial charge in [-0.2, -0.15) is 10.1 Å². The highest BCUT2D eigenvalue weighted by atomic mass is 32.1. The molecule has 0 aliphatic heterocycles. The summed E-state index contributed by atoms with van der Waals surface area (Å²) < 4.78 is 9.49. The van der Waals surface area contributed by atoms with Crippen LogP contribution in [0.5, 0.6) is 0 Å². The van der Waals surface area contributed by atoms with E-state index in [1.54, 1.807) is 6.92 Å². The van der Waals surface area contributed by atoms with E-state index < -0.39 is 0 Å². The van der Waals surface area contributed by atoms with Gasteiger partial charge in [-0.25, -0.2) is 4.68 Å². The Morgan fingerprint density at radius 1 is 1.37 bits per heavy atom. The SMILES string of the molecule is CCn1nc(C)c2[nH]c(=S)n(Cc3noc(C)n3)c21. The fourth-order valence-corrected chi connectivity index (χ4v) is 2.43. The van der Waals surface area contributed by atoms with Gasteiger partial charge in [0.05, 0.1) is 12.2 Å². The van der Waals surface area contributed by atoms with Crippen LogP contribution in [0, 0.1) is 18.6 Å². The third-order valence-electron chi connectivity index (χ3n) is 3.00. The van der Waals surface area contributed by atoms with Crippen molar-refractivity contribution in [1.82, 2.24) is 29.5 Å². The molecule has 0 fully saturated rings. The Hall–Kier alpha value is -1.96. The number of imidazole rings is 1. The highest BCUT2D eigenvalue weighted by Crippen LogP contribution is 2.18. The molecule has 0 aliphatic rings. The smallest absolute Gasteiger partial charge is 0.223 e. The summed E-state index contributed by atoms with van der Waals surface area (Å²) in [6.45, 7) is 7.03. The van der Waals surface area contributed by atoms with Crippen LogP contribution in [0.2, 0.25) is 0 Å². The van der Waals surface area contributed by atoms with Crippen LogP contribution in [-0.4, -0.2) is 29.5 Å². The molecular weight excluding hydrogens is 264 g/mol. The number of fused-ring (bicyclic) bond motifs is 1. The Morgan fingerprint density at radius 3 is 2.79 bits per heavy atom. The molecular formula is C11H14N6OS. The summed E-state index contributed by atoms with van der Waals surface area (Å²) in [6, 6.07) is 0. The maximum absolute atomic E-state index is 5.36. The zero-order chi connectivity index (χ0) is 13.6. The number of aromatic amines is 1. The number of aromatic nitrogens is 6. The van der Waals surface area contributed by atoms with E-state index in [1.807, 2.05) is 23.1 Å². The lowest BCUT2D eigenvalue weighted by molar-refractivity contribution is 0.386. The lowest BCUT2D eigenvalue weighted by atomic mass is 10.4. The normalized spacial score (nSPS) is 11.5. The minimum Gasteiger partial charge on any atom is -0.340 e. The predicted molar refractivity (Wildman–Crippen MR) is 71.5 cm³/mol. The minimum atomic E-state index is 0.474. The Bertz CT molecular complexity index is 792. The number of hydrogen-bond donors (Lipinski definition) is 1. The van der Waals surface area contributed by atoms with Gasteiger partial charge in [0.15, 0.2) is 16.2 Å². The molecule has 100 valence electrons. The molecule has 3 rings (SSSR count). The number of rotatable bonds is 3. The molecule has 0 saturated heterocycles. The van der Waals surface area contributed by atoms with E-state index in [9.17, 15) is 0 Å². The van der Waals surface area contributed by atoms with Crippen LogP contribution in [0.25, 0.3) is 11.2 Å². The second-order valence-electron chi connectivity index (χ2n) is 4.35. The predicted octanol–water partition coefficient (Wildman–Crippen LogP) is 1.96. The van der Waals surface area contributed by atoms with Crippen molar-refractivity contribution in [3.63, 3.8) is 0 Å². The molecule has 0 aliphatic carbocycles. The Balaban J connectivity index is 2.17. The molecule has 1 N–H and O–H groups in total. The first-order valence-corrected chi connectivity index (χ1v) is 6.46. The lowest BCUT2D eigenvalue weighted by Crippen LogP contribution is -2.07. The highest BCUT2D eigenvalue weighted by Gasteiger charge is 2.15. The molecule has 0 spiro atoms. The van der Waals surface area contributed by atoms with Crippen LogP contribution < -0.4 is 0 Å². The fourth-order valence-electron chi connectivity index (χ4n) is 2.17. The van der Waals surface area contributed by atoms with Gasteiger partial charge in [0, 0.05) is 13.5 Å². The molecule has 3 aromatic rings. The number of hydrogen-bond acceptors (Lipinski definition) is 5. The zero-order valence-corrected chi connectivity index (χ0v) is 11.8. The molecule has 19 heavy (non-hydrogen) atoms. The standard InChI is InChI=1S/C11H14N6OS/c1-4-17-10-9(6(2)14-17)13-11(19)16(10)5-8-12-7(3)18-15-8/h4-5H2,1-3H3,(H,13,19). The maximum Gasteiger partial charge on any atom is 0.223 e. The van der Waals surface area contributed by atoms with E-state index >= 15 is 0 Å². The molecule has 0 atom stereocenters. The van der Waals surface area contributed by atoms with E-state index in [1.165, 1.54) is 0 Å². The van der Waals surface area contributed by atoms with Gasteiger partial charge >= 0.3 is 0 Å². The van der Waals surface area contributed by atoms with E-state index in [0.29, 0.717) is 23.0 Å². The van der Waals surface area contributed by atoms with E-state index in [0.717, 1.165) is 23.4 Å². The van der Waals surface area contributed by atoms with E-state index in [-0.39, 0.29) is 0 Å². The van der Waals surface area contributed by atoms with Crippen molar-refractivity contribution in [2.45, 2.75) is 33.9 Å². The van der Waals surface area contributed by atoms with Gasteiger partial charge in [0.1, 0.15) is 5.52 Å². The van der Waals surface area contributed by atoms with Crippen molar-refractivity contribution >= 4 is 23.4 Å². The number of nitrogens with one attached hydrogen (secondary N) is 1. The molecule has 0 unspecified atom stereocenters. The van der Waals surface area contributed by atoms with E-state index in [2.05, 4.69) is 20.2 Å². The fraction of sp³-hybridized carbons (Fsp3) is 0.455. The lowest BCUT2D eigenvalue weighted by Gasteiger charge is -2.02. The van der Waals surface area contributed by atoms with Gasteiger partial charge in [0.25, 0.3) is 0 Å². The zero-order valence-electron chi connectivity index (χ0n) is 11.0. The molecule has 8 heteroatoms. The molecule has 0 aromatic carbocycles. The Labute approximate surface area is 114 Å². The molecule has 0 saturated carbocycles. The molecule has 7 nitrogen and oxygen atoms in total. The van der Waals surface area contributed by atoms with Gasteiger partial charge in [-0.15, -0.1) is 0 Å². The van der Waals surface area contributed by atoms with Crippen LogP contribution >= 0.6 is 12.2 Å². The van der Waals surface area contributed by atoms with Crippen LogP contribution in [0.3, 0.4) is 0 Å². The summed E-state index contributed by atoms with van der Waals surface area (Å²) >= 11 is 5.36. The first-order valence-electron chi connectivity index (χ1n) is 6.05. The number of nitrogens with zero attached hydrogens (tertiary/aromatic N) is 5. The summed E-state index contributed by atoms with van der Waals surface area (Å²) in [5.41, 5.74) is 2.87. The molecule has 0 radical (unpaired) electrons. The average Bonchev–Trinajstić information content (AvgIpc) is 3.00. The largest absolute Gasteiger partial charge is 0.340 e. The van der Waals surface area contributed by atoms with Crippen LogP contribution in [-0.2, 0) is 13.1 Å². The van der Waals surface area contributed by atoms with E-state index in [4.69, 9.17) is 16.7 Å². The monoisotopic (exact) mass is 278 g/mol. The summed E-state index contributed by atoms with van der Waals surface area (Å²) in [5.74, 6) is 1.16. The van der Waals surface area contributed by atoms with Crippen LogP contribution in [0.4, 0.5) is 0 Å². The van der Waals surface area contributed by atoms with Gasteiger partial charge < -0.3 is 9.51 Å². The first-order chi connectivity index (χ1) is 9.10. The van der Waals surface area contributed by atoms with Gasteiger partial charge in [0.2, 0.25) is 5.89 Å². The highest BCUT2D eigenvalue weighted by molar-refractivity contribution is 7.71. The number of H-pyrrole nitrogens is 1. The third kappa shape index (κ3) is 1.88. The topological polar surface area (TPSA) is 77.5 Å². The summed E-state index contributed by atoms with van der Waals surface area (Å²) in [5, 5.41) is 8.37. The van der Waals surface area contributed by atoms with Crippen molar-refractivity contribution in [3.8, 4) is 0 Å². The number of aryl methyl sites for hydroxylation is 3. The average molecular weight is 278 g/mol.